The maximum Gasteiger partial charge on any atom is 0.441 e. The largest absolute Gasteiger partial charge is 0.441 e. The van der Waals surface area contributed by atoms with Crippen molar-refractivity contribution >= 4 is 173 Å². The molecule has 0 spiro atoms. The fraction of sp³-hybridized carbons (Fsp3) is 0.196. The second-order valence-corrected chi connectivity index (χ2v) is 35.1. The number of fused-ring (bicyclic) bond motifs is 11. The fourth-order valence-corrected chi connectivity index (χ4v) is 21.6. The smallest absolute Gasteiger partial charge is 0.247 e. The molecule has 0 saturated heterocycles. The summed E-state index contributed by atoms with van der Waals surface area (Å²) < 4.78 is 195. The van der Waals surface area contributed by atoms with Gasteiger partial charge in [-0.3, -0.25) is 0 Å². The van der Waals surface area contributed by atoms with Gasteiger partial charge in [-0.2, -0.15) is 43.9 Å². The van der Waals surface area contributed by atoms with Crippen LogP contribution in [0.15, 0.2) is 152 Å². The van der Waals surface area contributed by atoms with Crippen molar-refractivity contribution in [3.05, 3.63) is 249 Å². The molecule has 21 aromatic rings. The Labute approximate surface area is 745 Å². The van der Waals surface area contributed by atoms with Crippen molar-refractivity contribution in [2.75, 3.05) is 0 Å². The maximum atomic E-state index is 13.9. The molecular formula is C92H73F10N20S5+5. The lowest BCUT2D eigenvalue weighted by Crippen LogP contribution is -2.39. The number of aryl methyl sites for hydroxylation is 16. The molecule has 0 aliphatic carbocycles. The molecule has 0 bridgehead atoms. The summed E-state index contributed by atoms with van der Waals surface area (Å²) in [5.74, 6) is -6.11. The molecule has 21 rings (SSSR count). The van der Waals surface area contributed by atoms with E-state index in [0.717, 1.165) is 105 Å². The topological polar surface area (TPSA) is 213 Å². The summed E-state index contributed by atoms with van der Waals surface area (Å²) in [5, 5.41) is 21.3. The number of halogens is 10. The highest BCUT2D eigenvalue weighted by Gasteiger charge is 2.44. The van der Waals surface area contributed by atoms with Gasteiger partial charge >= 0.3 is 12.4 Å². The molecule has 20 nitrogen and oxygen atoms in total. The fourth-order valence-electron chi connectivity index (χ4n) is 15.2. The Kier molecular flexibility index (Phi) is 20.6. The number of hydrogen-bond donors (Lipinski definition) is 0. The van der Waals surface area contributed by atoms with E-state index in [1.807, 2.05) is 155 Å². The van der Waals surface area contributed by atoms with Gasteiger partial charge in [0.05, 0.1) is 45.7 Å². The molecule has 636 valence electrons. The first-order chi connectivity index (χ1) is 62.9. The van der Waals surface area contributed by atoms with Gasteiger partial charge in [-0.15, -0.1) is 56.7 Å². The van der Waals surface area contributed by atoms with E-state index in [2.05, 4.69) is 111 Å². The van der Waals surface area contributed by atoms with Crippen LogP contribution in [0.2, 0.25) is 0 Å². The molecule has 0 aliphatic heterocycles. The molecular weight excluding hydrogens is 1740 g/mol. The van der Waals surface area contributed by atoms with E-state index in [9.17, 15) is 43.9 Å². The van der Waals surface area contributed by atoms with Crippen LogP contribution in [-0.4, -0.2) is 75.2 Å². The number of rotatable bonds is 5. The Hall–Kier alpha value is -13.2. The molecule has 0 N–H and O–H groups in total. The summed E-state index contributed by atoms with van der Waals surface area (Å²) in [6.45, 7) is 12.0. The molecule has 15 aromatic heterocycles. The van der Waals surface area contributed by atoms with Crippen LogP contribution in [0, 0.1) is 99.8 Å². The molecule has 0 radical (unpaired) electrons. The number of benzene rings is 6. The third kappa shape index (κ3) is 15.6. The van der Waals surface area contributed by atoms with E-state index in [1.165, 1.54) is 88.1 Å². The Morgan fingerprint density at radius 2 is 0.543 bits per heavy atom. The monoisotopic (exact) mass is 1810 g/mol. The average Bonchev–Trinajstić information content (AvgIpc) is 1.22. The standard InChI is InChI=1S/C20H15N4S.C19H16F3N4S.C19H19N4S.C17H10F5N4S.C17H13F2N4S/c1-12-13-7-3-6-10-16(13)25-19(12)18-17-20(21-11-24(18)2)23-15-9-5-4-8-14(15)22-17;1-9-12-7-5-6-8-13(12)27-17(9)16-14-15(24-11(3)10(2)23-14)18(19(20,21)22)25-26(16)4;1-10-14-8-6-7-9-15(14)24-19(10)18-17-16(13(4)22-23(18)5)20-11(2)12(3)21-17;1-7-8-5-3-4-6-9(8)27-13(7)12-10-11(24-16(19)15(18)23-10)14(17(20,21)22)25-26(12)2;1-8-10-6-4-5-7-11(10)24-15(8)14-13-12(9(2)22-23(14)3)20-16(18)17(19)21-13/h3-11H,1-2H3;5-8H,1-4H3;6-9H,1-5H3;3-6H,1-2H3;4-7H,1-3H3/q5*+1/i;;4D3;;2D3. The second kappa shape index (κ2) is 33.3. The van der Waals surface area contributed by atoms with Gasteiger partial charge in [0.1, 0.15) is 53.0 Å². The zero-order valence-electron chi connectivity index (χ0n) is 75.7. The molecule has 0 amide bonds. The Bertz CT molecular complexity index is 7630. The number of aromatic nitrogens is 20. The highest BCUT2D eigenvalue weighted by Crippen LogP contribution is 2.46. The zero-order valence-corrected chi connectivity index (χ0v) is 73.8. The van der Waals surface area contributed by atoms with E-state index >= 15 is 0 Å². The van der Waals surface area contributed by atoms with Gasteiger partial charge in [-0.05, 0) is 188 Å². The van der Waals surface area contributed by atoms with Crippen LogP contribution in [0.25, 0.3) is 170 Å². The SMILES string of the molecule is Cc1c(-c2c3nc(F)c(F)nc3c(C(F)(F)F)n[n+]2C)sc2ccccc12.Cc1c(-c2c3nc4ccccc4nc3nc[n+]2C)sc2ccccc12.Cc1nc2c(C(F)(F)F)n[n+](C)c(-c3sc4ccccc4c3C)c2nc1C.[2H]C([2H])([2H])c1n[n+](C)c(-c2sc3ccccc3c2C)c2nc(C)c(C)nc12.[2H]C([2H])([2H])c1n[n+](C)c(-c2sc3ccccc3c2C)c2nc(F)c(F)nc12. The van der Waals surface area contributed by atoms with Crippen LogP contribution in [0.5, 0.6) is 0 Å². The lowest BCUT2D eigenvalue weighted by molar-refractivity contribution is -0.720. The minimum absolute atomic E-state index is 0.0156. The van der Waals surface area contributed by atoms with Gasteiger partial charge in [0, 0.05) is 41.9 Å². The number of alkyl halides is 6. The first-order valence-corrected chi connectivity index (χ1v) is 43.0. The predicted octanol–water partition coefficient (Wildman–Crippen LogP) is 20.8. The number of nitrogens with zero attached hydrogens (tertiary/aromatic N) is 20. The normalized spacial score (nSPS) is 12.8. The van der Waals surface area contributed by atoms with Gasteiger partial charge in [-0.25, -0.2) is 54.4 Å². The molecule has 35 heteroatoms. The third-order valence-electron chi connectivity index (χ3n) is 21.6. The molecule has 0 atom stereocenters. The van der Waals surface area contributed by atoms with Gasteiger partial charge in [-0.1, -0.05) is 122 Å². The zero-order chi connectivity index (χ0) is 95.0. The van der Waals surface area contributed by atoms with E-state index in [4.69, 9.17) is 23.2 Å². The van der Waals surface area contributed by atoms with Crippen molar-refractivity contribution < 1.29 is 75.4 Å². The van der Waals surface area contributed by atoms with E-state index in [0.29, 0.717) is 50.0 Å². The molecule has 15 heterocycles. The summed E-state index contributed by atoms with van der Waals surface area (Å²) in [4.78, 5) is 50.3. The van der Waals surface area contributed by atoms with Crippen LogP contribution in [0.3, 0.4) is 0 Å². The van der Waals surface area contributed by atoms with E-state index in [1.54, 1.807) is 62.2 Å². The van der Waals surface area contributed by atoms with Crippen molar-refractivity contribution in [3.8, 4) is 52.9 Å². The van der Waals surface area contributed by atoms with Crippen molar-refractivity contribution in [1.82, 2.24) is 75.2 Å². The minimum Gasteiger partial charge on any atom is -0.247 e. The lowest BCUT2D eigenvalue weighted by atomic mass is 10.1. The Balaban J connectivity index is 0.000000116. The van der Waals surface area contributed by atoms with E-state index < -0.39 is 78.0 Å². The van der Waals surface area contributed by atoms with Crippen molar-refractivity contribution in [3.63, 3.8) is 0 Å². The maximum absolute atomic E-state index is 13.9. The molecule has 6 aromatic carbocycles. The first-order valence-electron chi connectivity index (χ1n) is 41.9. The molecule has 0 aliphatic rings. The Morgan fingerprint density at radius 3 is 0.890 bits per heavy atom. The van der Waals surface area contributed by atoms with Crippen molar-refractivity contribution in [2.45, 2.75) is 88.4 Å². The summed E-state index contributed by atoms with van der Waals surface area (Å²) in [7, 11) is 8.16. The molecule has 0 fully saturated rings. The first kappa shape index (κ1) is 78.5. The van der Waals surface area contributed by atoms with Crippen LogP contribution >= 0.6 is 56.7 Å². The second-order valence-electron chi connectivity index (χ2n) is 29.8. The predicted molar refractivity (Wildman–Crippen MR) is 476 cm³/mol. The number of para-hydroxylation sites is 2. The highest BCUT2D eigenvalue weighted by atomic mass is 32.1. The van der Waals surface area contributed by atoms with Gasteiger partial charge in [0.2, 0.25) is 11.4 Å². The highest BCUT2D eigenvalue weighted by molar-refractivity contribution is 7.24. The van der Waals surface area contributed by atoms with Gasteiger partial charge in [0.25, 0.3) is 58.5 Å². The van der Waals surface area contributed by atoms with Crippen LogP contribution in [0.4, 0.5) is 43.9 Å². The van der Waals surface area contributed by atoms with Gasteiger partial charge in [0.15, 0.2) is 61.5 Å². The van der Waals surface area contributed by atoms with Crippen molar-refractivity contribution in [1.29, 1.82) is 0 Å². The minimum atomic E-state index is -4.90. The van der Waals surface area contributed by atoms with Gasteiger partial charge < -0.3 is 0 Å². The lowest BCUT2D eigenvalue weighted by Gasteiger charge is -2.10. The van der Waals surface area contributed by atoms with Crippen LogP contribution in [0.1, 0.15) is 81.6 Å². The number of thiophene rings is 5. The summed E-state index contributed by atoms with van der Waals surface area (Å²) in [6, 6.07) is 47.7. The molecule has 127 heavy (non-hydrogen) atoms. The number of hydrogen-bond acceptors (Lipinski definition) is 20. The average molecular weight is 1820 g/mol. The van der Waals surface area contributed by atoms with Crippen LogP contribution in [-0.2, 0) is 47.6 Å². The van der Waals surface area contributed by atoms with Crippen molar-refractivity contribution in [2.24, 2.45) is 35.2 Å². The summed E-state index contributed by atoms with van der Waals surface area (Å²) in [5.41, 5.74) is 10.4. The summed E-state index contributed by atoms with van der Waals surface area (Å²) in [6.07, 6.45) is -7.69. The third-order valence-corrected chi connectivity index (χ3v) is 28.0. The summed E-state index contributed by atoms with van der Waals surface area (Å²) >= 11 is 7.72. The molecule has 0 unspecified atom stereocenters. The Morgan fingerprint density at radius 1 is 0.283 bits per heavy atom. The molecule has 0 saturated carbocycles. The quantitative estimate of drug-likeness (QED) is 0.0890. The van der Waals surface area contributed by atoms with E-state index in [-0.39, 0.29) is 33.5 Å². The van der Waals surface area contributed by atoms with Crippen LogP contribution < -0.4 is 23.3 Å².